The van der Waals surface area contributed by atoms with Crippen molar-refractivity contribution in [2.45, 2.75) is 36.8 Å². The normalized spacial score (nSPS) is 14.8. The molecule has 1 N–H and O–H groups in total. The van der Waals surface area contributed by atoms with Crippen molar-refractivity contribution < 1.29 is 31.2 Å². The van der Waals surface area contributed by atoms with Crippen molar-refractivity contribution in [3.8, 4) is 5.88 Å². The van der Waals surface area contributed by atoms with Gasteiger partial charge in [-0.05, 0) is 37.8 Å². The predicted octanol–water partition coefficient (Wildman–Crippen LogP) is 4.40. The molecule has 1 aromatic heterocycles. The Hall–Kier alpha value is -2.64. The molecule has 1 saturated heterocycles. The fourth-order valence-electron chi connectivity index (χ4n) is 3.41. The van der Waals surface area contributed by atoms with E-state index in [-0.39, 0.29) is 36.2 Å². The lowest BCUT2D eigenvalue weighted by molar-refractivity contribution is -0.385. The number of hydrogen-bond acceptors (Lipinski definition) is 7. The van der Waals surface area contributed by atoms with Crippen LogP contribution >= 0.6 is 11.6 Å². The van der Waals surface area contributed by atoms with Crippen LogP contribution in [0.2, 0.25) is 5.02 Å². The first-order valence-electron chi connectivity index (χ1n) is 10.4. The molecule has 0 amide bonds. The topological polar surface area (TPSA) is 115 Å². The quantitative estimate of drug-likeness (QED) is 0.295. The highest BCUT2D eigenvalue weighted by Crippen LogP contribution is 2.36. The molecule has 14 heteroatoms. The van der Waals surface area contributed by atoms with Gasteiger partial charge in [0, 0.05) is 38.0 Å². The summed E-state index contributed by atoms with van der Waals surface area (Å²) in [6, 6.07) is 4.08. The van der Waals surface area contributed by atoms with Gasteiger partial charge < -0.3 is 9.64 Å². The van der Waals surface area contributed by atoms with E-state index in [1.165, 1.54) is 0 Å². The Kier molecular flexibility index (Phi) is 8.21. The molecule has 2 heterocycles. The summed E-state index contributed by atoms with van der Waals surface area (Å²) in [5, 5.41) is 10.7. The Morgan fingerprint density at radius 3 is 2.56 bits per heavy atom. The van der Waals surface area contributed by atoms with E-state index in [2.05, 4.69) is 9.71 Å². The Morgan fingerprint density at radius 1 is 1.21 bits per heavy atom. The van der Waals surface area contributed by atoms with Gasteiger partial charge in [0.15, 0.2) is 0 Å². The van der Waals surface area contributed by atoms with Crippen molar-refractivity contribution >= 4 is 33.0 Å². The average molecular weight is 523 g/mol. The zero-order valence-electron chi connectivity index (χ0n) is 17.8. The molecule has 9 nitrogen and oxygen atoms in total. The number of rotatable bonds is 9. The Labute approximate surface area is 199 Å². The third-order valence-corrected chi connectivity index (χ3v) is 7.07. The van der Waals surface area contributed by atoms with Crippen LogP contribution in [-0.4, -0.2) is 44.6 Å². The second-order valence-corrected chi connectivity index (χ2v) is 9.71. The largest absolute Gasteiger partial charge is 0.476 e. The maximum atomic E-state index is 13.2. The lowest BCUT2D eigenvalue weighted by atomic mass is 10.1. The zero-order valence-corrected chi connectivity index (χ0v) is 19.4. The lowest BCUT2D eigenvalue weighted by Crippen LogP contribution is -2.30. The number of non-ortho nitro benzene ring substituents is 1. The van der Waals surface area contributed by atoms with Gasteiger partial charge in [-0.15, -0.1) is 0 Å². The zero-order chi connectivity index (χ0) is 24.9. The van der Waals surface area contributed by atoms with Gasteiger partial charge in [0.25, 0.3) is 5.69 Å². The molecule has 0 bridgehead atoms. The predicted molar refractivity (Wildman–Crippen MR) is 119 cm³/mol. The molecule has 0 aliphatic carbocycles. The van der Waals surface area contributed by atoms with E-state index in [4.69, 9.17) is 16.3 Å². The minimum absolute atomic E-state index is 0.0234. The first kappa shape index (κ1) is 26.0. The van der Waals surface area contributed by atoms with Crippen molar-refractivity contribution in [3.63, 3.8) is 0 Å². The molecular formula is C20H22ClF3N4O5S. The molecular weight excluding hydrogens is 501 g/mol. The fraction of sp³-hybridized carbons (Fsp3) is 0.450. The van der Waals surface area contributed by atoms with Crippen LogP contribution in [0.1, 0.15) is 31.2 Å². The second kappa shape index (κ2) is 10.7. The number of pyridine rings is 1. The number of benzene rings is 1. The van der Waals surface area contributed by atoms with Crippen molar-refractivity contribution in [2.75, 3.05) is 31.1 Å². The first-order valence-corrected chi connectivity index (χ1v) is 12.2. The maximum absolute atomic E-state index is 13.2. The second-order valence-electron chi connectivity index (χ2n) is 7.57. The highest BCUT2D eigenvalue weighted by atomic mass is 35.5. The van der Waals surface area contributed by atoms with Crippen LogP contribution in [-0.2, 0) is 16.2 Å². The number of nitrogens with one attached hydrogen (secondary N) is 1. The monoisotopic (exact) mass is 522 g/mol. The molecule has 0 spiro atoms. The smallest absolute Gasteiger partial charge is 0.417 e. The lowest BCUT2D eigenvalue weighted by Gasteiger charge is -2.30. The number of ether oxygens (including phenoxy) is 1. The minimum Gasteiger partial charge on any atom is -0.476 e. The van der Waals surface area contributed by atoms with Gasteiger partial charge in [0.05, 0.1) is 22.1 Å². The van der Waals surface area contributed by atoms with Crippen molar-refractivity contribution in [3.05, 3.63) is 51.2 Å². The molecule has 186 valence electrons. The van der Waals surface area contributed by atoms with Crippen molar-refractivity contribution in [2.24, 2.45) is 0 Å². The van der Waals surface area contributed by atoms with Crippen LogP contribution in [0, 0.1) is 10.1 Å². The molecule has 0 radical (unpaired) electrons. The summed E-state index contributed by atoms with van der Waals surface area (Å²) in [7, 11) is -4.13. The number of anilines is 1. The van der Waals surface area contributed by atoms with Crippen molar-refractivity contribution in [1.29, 1.82) is 0 Å². The Bertz CT molecular complexity index is 1140. The molecule has 0 unspecified atom stereocenters. The third kappa shape index (κ3) is 6.48. The number of alkyl halides is 3. The summed E-state index contributed by atoms with van der Waals surface area (Å²) >= 11 is 5.88. The van der Waals surface area contributed by atoms with E-state index in [1.807, 2.05) is 0 Å². The summed E-state index contributed by atoms with van der Waals surface area (Å²) < 4.78 is 72.3. The Balaban J connectivity index is 1.63. The molecule has 0 atom stereocenters. The molecule has 2 aromatic rings. The number of hydrogen-bond donors (Lipinski definition) is 1. The van der Waals surface area contributed by atoms with E-state index in [1.54, 1.807) is 4.90 Å². The molecule has 0 saturated carbocycles. The third-order valence-electron chi connectivity index (χ3n) is 5.12. The number of piperidine rings is 1. The maximum Gasteiger partial charge on any atom is 0.417 e. The van der Waals surface area contributed by atoms with Crippen LogP contribution in [0.25, 0.3) is 0 Å². The standard InChI is InChI=1S/C20H22ClF3N4O5S/c21-16-6-5-15(28(29)30)12-18(16)34(31,32)26-7-4-10-33-19-17(27-8-2-1-3-9-27)11-14(13-25-19)20(22,23)24/h5-6,11-13,26H,1-4,7-10H2. The van der Waals surface area contributed by atoms with Gasteiger partial charge in [-0.1, -0.05) is 11.6 Å². The molecule has 1 aliphatic heterocycles. The molecule has 1 fully saturated rings. The number of aromatic nitrogens is 1. The summed E-state index contributed by atoms with van der Waals surface area (Å²) in [5.41, 5.74) is -1.05. The first-order chi connectivity index (χ1) is 16.0. The average Bonchev–Trinajstić information content (AvgIpc) is 2.78. The van der Waals surface area contributed by atoms with Crippen molar-refractivity contribution in [1.82, 2.24) is 9.71 Å². The van der Waals surface area contributed by atoms with Gasteiger partial charge in [0.1, 0.15) is 10.6 Å². The number of nitrogens with zero attached hydrogens (tertiary/aromatic N) is 3. The van der Waals surface area contributed by atoms with E-state index >= 15 is 0 Å². The van der Waals surface area contributed by atoms with Gasteiger partial charge in [-0.3, -0.25) is 10.1 Å². The number of nitro benzene ring substituents is 1. The van der Waals surface area contributed by atoms with E-state index in [9.17, 15) is 31.7 Å². The number of halogens is 4. The van der Waals surface area contributed by atoms with Gasteiger partial charge >= 0.3 is 6.18 Å². The highest BCUT2D eigenvalue weighted by Gasteiger charge is 2.33. The molecule has 3 rings (SSSR count). The van der Waals surface area contributed by atoms with Gasteiger partial charge in [-0.25, -0.2) is 18.1 Å². The Morgan fingerprint density at radius 2 is 1.91 bits per heavy atom. The fourth-order valence-corrected chi connectivity index (χ4v) is 5.00. The van der Waals surface area contributed by atoms with Crippen LogP contribution in [0.4, 0.5) is 24.5 Å². The van der Waals surface area contributed by atoms with Gasteiger partial charge in [0.2, 0.25) is 15.9 Å². The highest BCUT2D eigenvalue weighted by molar-refractivity contribution is 7.89. The SMILES string of the molecule is O=[N+]([O-])c1ccc(Cl)c(S(=O)(=O)NCCCOc2ncc(C(F)(F)F)cc2N2CCCCC2)c1. The number of sulfonamides is 1. The van der Waals surface area contributed by atoms with E-state index < -0.39 is 37.3 Å². The van der Waals surface area contributed by atoms with Crippen LogP contribution in [0.3, 0.4) is 0 Å². The molecule has 34 heavy (non-hydrogen) atoms. The van der Waals surface area contributed by atoms with Crippen LogP contribution in [0.5, 0.6) is 5.88 Å². The van der Waals surface area contributed by atoms with Gasteiger partial charge in [-0.2, -0.15) is 13.2 Å². The molecule has 1 aliphatic rings. The summed E-state index contributed by atoms with van der Waals surface area (Å²) in [5.74, 6) is 0.0412. The van der Waals surface area contributed by atoms with Crippen LogP contribution in [0.15, 0.2) is 35.4 Å². The summed E-state index contributed by atoms with van der Waals surface area (Å²) in [6.07, 6.45) is -0.991. The van der Waals surface area contributed by atoms with E-state index in [0.717, 1.165) is 43.5 Å². The number of nitro groups is 1. The molecule has 1 aromatic carbocycles. The van der Waals surface area contributed by atoms with Crippen LogP contribution < -0.4 is 14.4 Å². The minimum atomic E-state index is -4.54. The summed E-state index contributed by atoms with van der Waals surface area (Å²) in [6.45, 7) is 1.05. The van der Waals surface area contributed by atoms with E-state index in [0.29, 0.717) is 19.3 Å². The summed E-state index contributed by atoms with van der Waals surface area (Å²) in [4.78, 5) is 15.4.